The number of nitrogens with zero attached hydrogens (tertiary/aromatic N) is 5. The number of hydrogen-bond donors (Lipinski definition) is 3. The van der Waals surface area contributed by atoms with Gasteiger partial charge in [-0.25, -0.2) is 19.3 Å². The van der Waals surface area contributed by atoms with Crippen molar-refractivity contribution in [3.05, 3.63) is 35.5 Å². The van der Waals surface area contributed by atoms with Gasteiger partial charge in [-0.1, -0.05) is 13.8 Å². The molecule has 28 heavy (non-hydrogen) atoms. The van der Waals surface area contributed by atoms with Crippen molar-refractivity contribution in [2.24, 2.45) is 5.41 Å². The van der Waals surface area contributed by atoms with Crippen LogP contribution in [0, 0.1) is 16.7 Å². The van der Waals surface area contributed by atoms with E-state index >= 15 is 0 Å². The molecule has 2 heterocycles. The quantitative estimate of drug-likeness (QED) is 0.694. The summed E-state index contributed by atoms with van der Waals surface area (Å²) in [7, 11) is 0. The second-order valence-electron chi connectivity index (χ2n) is 8.06. The zero-order chi connectivity index (χ0) is 20.5. The first-order chi connectivity index (χ1) is 13.1. The smallest absolute Gasteiger partial charge is 0.224 e. The van der Waals surface area contributed by atoms with Gasteiger partial charge in [-0.05, 0) is 20.3 Å². The number of anilines is 2. The summed E-state index contributed by atoms with van der Waals surface area (Å²) in [5.41, 5.74) is -0.701. The zero-order valence-corrected chi connectivity index (χ0v) is 16.4. The van der Waals surface area contributed by atoms with E-state index in [1.807, 2.05) is 13.8 Å². The summed E-state index contributed by atoms with van der Waals surface area (Å²) in [5.74, 6) is 0.700. The Bertz CT molecular complexity index is 904. The number of hydrogen-bond acceptors (Lipinski definition) is 8. The van der Waals surface area contributed by atoms with E-state index < -0.39 is 11.8 Å². The standard InChI is InChI=1S/C19H24FN7O/c1-18(2)13(5-14(18)28)26-16-11(6-21)8-23-17(27-16)24-9-12-7-22-10-25-15(12)19(3,4)20/h7-8,10,13-14,28H,5,9H2,1-4H3,(H2,23,24,26,27)/t13-,14+/m0/s1. The molecule has 0 spiro atoms. The summed E-state index contributed by atoms with van der Waals surface area (Å²) in [4.78, 5) is 16.5. The molecular weight excluding hydrogens is 361 g/mol. The molecule has 1 saturated carbocycles. The Labute approximate surface area is 163 Å². The van der Waals surface area contributed by atoms with Gasteiger partial charge in [0, 0.05) is 29.8 Å². The molecule has 2 aromatic heterocycles. The topological polar surface area (TPSA) is 120 Å². The number of aromatic nitrogens is 4. The van der Waals surface area contributed by atoms with Crippen LogP contribution in [0.1, 0.15) is 50.9 Å². The van der Waals surface area contributed by atoms with Crippen molar-refractivity contribution in [2.45, 2.75) is 58.5 Å². The molecule has 0 aromatic carbocycles. The molecule has 0 saturated heterocycles. The van der Waals surface area contributed by atoms with Crippen LogP contribution in [0.25, 0.3) is 0 Å². The van der Waals surface area contributed by atoms with Crippen LogP contribution >= 0.6 is 0 Å². The Balaban J connectivity index is 1.77. The lowest BCUT2D eigenvalue weighted by Gasteiger charge is -2.49. The Morgan fingerprint density at radius 1 is 1.36 bits per heavy atom. The first kappa shape index (κ1) is 19.9. The first-order valence-electron chi connectivity index (χ1n) is 9.06. The molecular formula is C19H24FN7O. The van der Waals surface area contributed by atoms with E-state index in [-0.39, 0.29) is 18.0 Å². The third kappa shape index (κ3) is 3.87. The van der Waals surface area contributed by atoms with E-state index in [0.29, 0.717) is 35.0 Å². The van der Waals surface area contributed by atoms with Crippen LogP contribution in [-0.4, -0.2) is 37.2 Å². The van der Waals surface area contributed by atoms with Crippen molar-refractivity contribution in [3.63, 3.8) is 0 Å². The number of rotatable bonds is 6. The Morgan fingerprint density at radius 2 is 2.11 bits per heavy atom. The lowest BCUT2D eigenvalue weighted by Crippen LogP contribution is -2.57. The molecule has 0 radical (unpaired) electrons. The summed E-state index contributed by atoms with van der Waals surface area (Å²) in [6, 6.07) is 2.07. The highest BCUT2D eigenvalue weighted by atomic mass is 19.1. The number of halogens is 1. The fourth-order valence-electron chi connectivity index (χ4n) is 3.17. The summed E-state index contributed by atoms with van der Waals surface area (Å²) < 4.78 is 14.3. The predicted molar refractivity (Wildman–Crippen MR) is 102 cm³/mol. The molecule has 148 valence electrons. The highest BCUT2D eigenvalue weighted by Crippen LogP contribution is 2.42. The van der Waals surface area contributed by atoms with Crippen LogP contribution in [-0.2, 0) is 12.2 Å². The first-order valence-corrected chi connectivity index (χ1v) is 9.06. The Morgan fingerprint density at radius 3 is 2.71 bits per heavy atom. The number of alkyl halides is 1. The van der Waals surface area contributed by atoms with Crippen molar-refractivity contribution in [1.82, 2.24) is 19.9 Å². The number of nitrogens with one attached hydrogen (secondary N) is 2. The number of aliphatic hydroxyl groups is 1. The minimum Gasteiger partial charge on any atom is -0.392 e. The maximum atomic E-state index is 14.3. The van der Waals surface area contributed by atoms with Gasteiger partial charge < -0.3 is 15.7 Å². The van der Waals surface area contributed by atoms with Crippen LogP contribution < -0.4 is 10.6 Å². The highest BCUT2D eigenvalue weighted by Gasteiger charge is 2.47. The fraction of sp³-hybridized carbons (Fsp3) is 0.526. The SMILES string of the molecule is CC(C)(F)c1ncncc1CNc1ncc(C#N)c(N[C@H]2C[C@@H](O)C2(C)C)n1. The van der Waals surface area contributed by atoms with Crippen LogP contribution in [0.2, 0.25) is 0 Å². The van der Waals surface area contributed by atoms with E-state index in [1.54, 1.807) is 6.20 Å². The van der Waals surface area contributed by atoms with Crippen molar-refractivity contribution in [3.8, 4) is 6.07 Å². The maximum Gasteiger partial charge on any atom is 0.224 e. The molecule has 9 heteroatoms. The Kier molecular flexibility index (Phi) is 5.17. The highest BCUT2D eigenvalue weighted by molar-refractivity contribution is 5.54. The van der Waals surface area contributed by atoms with Gasteiger partial charge in [0.05, 0.1) is 18.0 Å². The number of aliphatic hydroxyl groups excluding tert-OH is 1. The van der Waals surface area contributed by atoms with E-state index in [0.717, 1.165) is 0 Å². The van der Waals surface area contributed by atoms with Gasteiger partial charge in [-0.3, -0.25) is 0 Å². The molecule has 3 N–H and O–H groups in total. The normalized spacial score (nSPS) is 20.8. The van der Waals surface area contributed by atoms with E-state index in [2.05, 4.69) is 36.6 Å². The second-order valence-corrected chi connectivity index (χ2v) is 8.06. The molecule has 8 nitrogen and oxygen atoms in total. The van der Waals surface area contributed by atoms with Gasteiger partial charge in [-0.2, -0.15) is 10.2 Å². The van der Waals surface area contributed by atoms with Crippen LogP contribution in [0.4, 0.5) is 16.2 Å². The van der Waals surface area contributed by atoms with Crippen molar-refractivity contribution in [1.29, 1.82) is 5.26 Å². The van der Waals surface area contributed by atoms with Crippen LogP contribution in [0.15, 0.2) is 18.7 Å². The minimum absolute atomic E-state index is 0.00110. The lowest BCUT2D eigenvalue weighted by molar-refractivity contribution is -0.0511. The number of nitriles is 1. The molecule has 0 amide bonds. The fourth-order valence-corrected chi connectivity index (χ4v) is 3.17. The van der Waals surface area contributed by atoms with Crippen LogP contribution in [0.3, 0.4) is 0 Å². The molecule has 1 aliphatic rings. The van der Waals surface area contributed by atoms with Gasteiger partial charge in [-0.15, -0.1) is 0 Å². The van der Waals surface area contributed by atoms with Gasteiger partial charge in [0.15, 0.2) is 0 Å². The van der Waals surface area contributed by atoms with Gasteiger partial charge in [0.25, 0.3) is 0 Å². The average Bonchev–Trinajstić information content (AvgIpc) is 2.65. The maximum absolute atomic E-state index is 14.3. The molecule has 0 bridgehead atoms. The van der Waals surface area contributed by atoms with Crippen molar-refractivity contribution in [2.75, 3.05) is 10.6 Å². The molecule has 2 aromatic rings. The molecule has 1 fully saturated rings. The second kappa shape index (κ2) is 7.28. The molecule has 2 atom stereocenters. The van der Waals surface area contributed by atoms with E-state index in [1.165, 1.54) is 26.4 Å². The third-order valence-corrected chi connectivity index (χ3v) is 5.22. The van der Waals surface area contributed by atoms with E-state index in [4.69, 9.17) is 0 Å². The molecule has 1 aliphatic carbocycles. The molecule has 0 unspecified atom stereocenters. The molecule has 0 aliphatic heterocycles. The van der Waals surface area contributed by atoms with Crippen molar-refractivity contribution < 1.29 is 9.50 Å². The van der Waals surface area contributed by atoms with Crippen LogP contribution in [0.5, 0.6) is 0 Å². The third-order valence-electron chi connectivity index (χ3n) is 5.22. The summed E-state index contributed by atoms with van der Waals surface area (Å²) in [6.07, 6.45) is 4.49. The largest absolute Gasteiger partial charge is 0.392 e. The van der Waals surface area contributed by atoms with Gasteiger partial charge in [0.1, 0.15) is 29.4 Å². The summed E-state index contributed by atoms with van der Waals surface area (Å²) >= 11 is 0. The van der Waals surface area contributed by atoms with Crippen molar-refractivity contribution >= 4 is 11.8 Å². The Hall–Kier alpha value is -2.86. The zero-order valence-electron chi connectivity index (χ0n) is 16.4. The van der Waals surface area contributed by atoms with E-state index in [9.17, 15) is 14.8 Å². The average molecular weight is 385 g/mol. The van der Waals surface area contributed by atoms with Gasteiger partial charge >= 0.3 is 0 Å². The van der Waals surface area contributed by atoms with Gasteiger partial charge in [0.2, 0.25) is 5.95 Å². The summed E-state index contributed by atoms with van der Waals surface area (Å²) in [6.45, 7) is 7.03. The minimum atomic E-state index is -1.60. The molecule has 3 rings (SSSR count). The predicted octanol–water partition coefficient (Wildman–Crippen LogP) is 2.53. The lowest BCUT2D eigenvalue weighted by atomic mass is 9.64. The monoisotopic (exact) mass is 385 g/mol. The summed E-state index contributed by atoms with van der Waals surface area (Å²) in [5, 5.41) is 25.5.